The van der Waals surface area contributed by atoms with Gasteiger partial charge in [0, 0.05) is 16.6 Å². The molecule has 3 nitrogen and oxygen atoms in total. The lowest BCUT2D eigenvalue weighted by Crippen LogP contribution is -2.41. The second kappa shape index (κ2) is 8.31. The molecule has 1 saturated heterocycles. The normalized spacial score (nSPS) is 19.4. The Bertz CT molecular complexity index is 856. The van der Waals surface area contributed by atoms with Gasteiger partial charge in [-0.2, -0.15) is 13.2 Å². The zero-order valence-corrected chi connectivity index (χ0v) is 16.2. The van der Waals surface area contributed by atoms with Crippen molar-refractivity contribution >= 4 is 29.2 Å². The highest BCUT2D eigenvalue weighted by molar-refractivity contribution is 6.35. The molecule has 28 heavy (non-hydrogen) atoms. The van der Waals surface area contributed by atoms with E-state index in [1.165, 1.54) is 12.1 Å². The van der Waals surface area contributed by atoms with Gasteiger partial charge in [-0.25, -0.2) is 0 Å². The number of hydrogen-bond acceptors (Lipinski definition) is 2. The first-order chi connectivity index (χ1) is 13.2. The van der Waals surface area contributed by atoms with Gasteiger partial charge in [0.1, 0.15) is 0 Å². The van der Waals surface area contributed by atoms with Crippen molar-refractivity contribution < 1.29 is 23.1 Å². The number of likely N-dealkylation sites (tertiary alicyclic amines) is 1. The molecule has 2 aromatic carbocycles. The Morgan fingerprint density at radius 2 is 1.82 bits per heavy atom. The Morgan fingerprint density at radius 3 is 2.39 bits per heavy atom. The summed E-state index contributed by atoms with van der Waals surface area (Å²) < 4.78 is 38.8. The Balaban J connectivity index is 2.03. The van der Waals surface area contributed by atoms with Gasteiger partial charge in [-0.1, -0.05) is 41.4 Å². The SMILES string of the molecule is O=C(O)C1CCCN(C(c2ccc(C(F)(F)F)cc2)c2ccc(Cl)cc2Cl)C1. The number of piperidine rings is 1. The van der Waals surface area contributed by atoms with E-state index in [1.807, 2.05) is 4.90 Å². The Labute approximate surface area is 170 Å². The minimum atomic E-state index is -4.43. The van der Waals surface area contributed by atoms with Crippen LogP contribution in [0.5, 0.6) is 0 Å². The first-order valence-corrected chi connectivity index (χ1v) is 9.51. The molecular formula is C20H18Cl2F3NO2. The molecule has 0 saturated carbocycles. The van der Waals surface area contributed by atoms with Gasteiger partial charge in [0.05, 0.1) is 17.5 Å². The standard InChI is InChI=1S/C20H18Cl2F3NO2/c21-15-7-8-16(17(22)10-15)18(26-9-1-2-13(11-26)19(27)28)12-3-5-14(6-4-12)20(23,24)25/h3-8,10,13,18H,1-2,9,11H2,(H,27,28). The molecule has 150 valence electrons. The van der Waals surface area contributed by atoms with Crippen molar-refractivity contribution in [3.8, 4) is 0 Å². The zero-order chi connectivity index (χ0) is 20.5. The maximum absolute atomic E-state index is 12.9. The number of aliphatic carboxylic acids is 1. The summed E-state index contributed by atoms with van der Waals surface area (Å²) >= 11 is 12.4. The largest absolute Gasteiger partial charge is 0.481 e. The van der Waals surface area contributed by atoms with Crippen LogP contribution in [0.15, 0.2) is 42.5 Å². The van der Waals surface area contributed by atoms with Crippen LogP contribution in [0.2, 0.25) is 10.0 Å². The predicted molar refractivity (Wildman–Crippen MR) is 102 cm³/mol. The molecule has 1 aliphatic heterocycles. The summed E-state index contributed by atoms with van der Waals surface area (Å²) in [6.07, 6.45) is -3.18. The first kappa shape index (κ1) is 21.0. The van der Waals surface area contributed by atoms with Crippen LogP contribution in [0.1, 0.15) is 35.6 Å². The maximum Gasteiger partial charge on any atom is 0.416 e. The van der Waals surface area contributed by atoms with Crippen molar-refractivity contribution in [3.05, 3.63) is 69.2 Å². The summed E-state index contributed by atoms with van der Waals surface area (Å²) in [6, 6.07) is 9.42. The van der Waals surface area contributed by atoms with E-state index in [0.29, 0.717) is 47.1 Å². The summed E-state index contributed by atoms with van der Waals surface area (Å²) in [5, 5.41) is 10.2. The Morgan fingerprint density at radius 1 is 1.14 bits per heavy atom. The average Bonchev–Trinajstić information content (AvgIpc) is 2.64. The lowest BCUT2D eigenvalue weighted by molar-refractivity contribution is -0.144. The highest BCUT2D eigenvalue weighted by Gasteiger charge is 2.34. The Hall–Kier alpha value is -1.76. The van der Waals surface area contributed by atoms with Gasteiger partial charge in [0.2, 0.25) is 0 Å². The summed E-state index contributed by atoms with van der Waals surface area (Å²) in [4.78, 5) is 13.4. The highest BCUT2D eigenvalue weighted by atomic mass is 35.5. The lowest BCUT2D eigenvalue weighted by Gasteiger charge is -2.38. The van der Waals surface area contributed by atoms with E-state index < -0.39 is 29.7 Å². The van der Waals surface area contributed by atoms with E-state index in [1.54, 1.807) is 18.2 Å². The van der Waals surface area contributed by atoms with Gasteiger partial charge in [-0.3, -0.25) is 9.69 Å². The molecule has 0 radical (unpaired) electrons. The number of benzene rings is 2. The third-order valence-electron chi connectivity index (χ3n) is 4.98. The molecular weight excluding hydrogens is 414 g/mol. The third-order valence-corrected chi connectivity index (χ3v) is 5.54. The van der Waals surface area contributed by atoms with Crippen LogP contribution in [-0.2, 0) is 11.0 Å². The lowest BCUT2D eigenvalue weighted by atomic mass is 9.91. The van der Waals surface area contributed by atoms with E-state index in [0.717, 1.165) is 12.1 Å². The van der Waals surface area contributed by atoms with Gasteiger partial charge in [-0.15, -0.1) is 0 Å². The fraction of sp³-hybridized carbons (Fsp3) is 0.350. The molecule has 2 atom stereocenters. The average molecular weight is 432 g/mol. The monoisotopic (exact) mass is 431 g/mol. The van der Waals surface area contributed by atoms with Crippen molar-refractivity contribution in [1.29, 1.82) is 0 Å². The Kier molecular flexibility index (Phi) is 6.22. The molecule has 0 aromatic heterocycles. The molecule has 0 bridgehead atoms. The molecule has 1 aliphatic rings. The fourth-order valence-electron chi connectivity index (χ4n) is 3.61. The van der Waals surface area contributed by atoms with Crippen molar-refractivity contribution in [2.24, 2.45) is 5.92 Å². The van der Waals surface area contributed by atoms with Crippen LogP contribution in [0.3, 0.4) is 0 Å². The molecule has 0 amide bonds. The van der Waals surface area contributed by atoms with Gasteiger partial charge in [0.15, 0.2) is 0 Å². The number of rotatable bonds is 4. The highest BCUT2D eigenvalue weighted by Crippen LogP contribution is 2.38. The predicted octanol–water partition coefficient (Wildman–Crippen LogP) is 5.90. The van der Waals surface area contributed by atoms with E-state index in [-0.39, 0.29) is 0 Å². The molecule has 1 heterocycles. The summed E-state index contributed by atoms with van der Waals surface area (Å²) in [7, 11) is 0. The molecule has 3 rings (SSSR count). The number of carboxylic acids is 1. The second-order valence-electron chi connectivity index (χ2n) is 6.86. The quantitative estimate of drug-likeness (QED) is 0.654. The molecule has 2 unspecified atom stereocenters. The maximum atomic E-state index is 12.9. The van der Waals surface area contributed by atoms with Crippen molar-refractivity contribution in [3.63, 3.8) is 0 Å². The van der Waals surface area contributed by atoms with Crippen LogP contribution in [0.25, 0.3) is 0 Å². The van der Waals surface area contributed by atoms with Crippen LogP contribution in [-0.4, -0.2) is 29.1 Å². The van der Waals surface area contributed by atoms with Crippen molar-refractivity contribution in [2.45, 2.75) is 25.1 Å². The molecule has 2 aromatic rings. The molecule has 1 fully saturated rings. The summed E-state index contributed by atoms with van der Waals surface area (Å²) in [5.41, 5.74) is 0.555. The minimum Gasteiger partial charge on any atom is -0.481 e. The number of nitrogens with zero attached hydrogens (tertiary/aromatic N) is 1. The second-order valence-corrected chi connectivity index (χ2v) is 7.70. The van der Waals surface area contributed by atoms with E-state index >= 15 is 0 Å². The van der Waals surface area contributed by atoms with E-state index in [9.17, 15) is 23.1 Å². The zero-order valence-electron chi connectivity index (χ0n) is 14.7. The smallest absolute Gasteiger partial charge is 0.416 e. The van der Waals surface area contributed by atoms with Gasteiger partial charge >= 0.3 is 12.1 Å². The third kappa shape index (κ3) is 4.62. The van der Waals surface area contributed by atoms with Crippen LogP contribution >= 0.6 is 23.2 Å². The van der Waals surface area contributed by atoms with Crippen LogP contribution in [0, 0.1) is 5.92 Å². The number of carbonyl (C=O) groups is 1. The molecule has 1 N–H and O–H groups in total. The van der Waals surface area contributed by atoms with Gasteiger partial charge in [0.25, 0.3) is 0 Å². The van der Waals surface area contributed by atoms with Crippen LogP contribution < -0.4 is 0 Å². The number of halogens is 5. The first-order valence-electron chi connectivity index (χ1n) is 8.76. The van der Waals surface area contributed by atoms with E-state index in [4.69, 9.17) is 23.2 Å². The molecule has 0 aliphatic carbocycles. The van der Waals surface area contributed by atoms with Crippen molar-refractivity contribution in [1.82, 2.24) is 4.90 Å². The van der Waals surface area contributed by atoms with Crippen LogP contribution in [0.4, 0.5) is 13.2 Å². The molecule has 8 heteroatoms. The van der Waals surface area contributed by atoms with Gasteiger partial charge < -0.3 is 5.11 Å². The fourth-order valence-corrected chi connectivity index (χ4v) is 4.12. The van der Waals surface area contributed by atoms with E-state index in [2.05, 4.69) is 0 Å². The summed E-state index contributed by atoms with van der Waals surface area (Å²) in [5.74, 6) is -1.41. The number of carboxylic acid groups (broad SMARTS) is 1. The number of alkyl halides is 3. The minimum absolute atomic E-state index is 0.292. The van der Waals surface area contributed by atoms with Gasteiger partial charge in [-0.05, 0) is 54.8 Å². The topological polar surface area (TPSA) is 40.5 Å². The molecule has 0 spiro atoms. The summed E-state index contributed by atoms with van der Waals surface area (Å²) in [6.45, 7) is 0.911. The van der Waals surface area contributed by atoms with Crippen molar-refractivity contribution in [2.75, 3.05) is 13.1 Å². The number of hydrogen-bond donors (Lipinski definition) is 1.